The number of methoxy groups -OCH3 is 1. The highest BCUT2D eigenvalue weighted by atomic mass is 32.2. The molecule has 1 aromatic rings. The van der Waals surface area contributed by atoms with Crippen LogP contribution in [0, 0.1) is 5.92 Å². The fraction of sp³-hybridized carbons (Fsp3) is 0.600. The van der Waals surface area contributed by atoms with Crippen LogP contribution in [0.15, 0.2) is 23.1 Å². The first kappa shape index (κ1) is 16.4. The molecule has 6 heteroatoms. The molecule has 0 unspecified atom stereocenters. The van der Waals surface area contributed by atoms with Crippen LogP contribution in [0.2, 0.25) is 0 Å². The quantitative estimate of drug-likeness (QED) is 0.830. The zero-order valence-corrected chi connectivity index (χ0v) is 13.7. The van der Waals surface area contributed by atoms with Gasteiger partial charge in [-0.25, -0.2) is 8.42 Å². The van der Waals surface area contributed by atoms with Crippen LogP contribution in [0.3, 0.4) is 0 Å². The summed E-state index contributed by atoms with van der Waals surface area (Å²) in [6.07, 6.45) is 0. The Morgan fingerprint density at radius 2 is 2.00 bits per heavy atom. The number of ether oxygens (including phenoxy) is 1. The van der Waals surface area contributed by atoms with Crippen molar-refractivity contribution in [3.05, 3.63) is 29.3 Å². The summed E-state index contributed by atoms with van der Waals surface area (Å²) in [5.41, 5.74) is 2.26. The highest BCUT2D eigenvalue weighted by Crippen LogP contribution is 2.23. The molecule has 1 N–H and O–H groups in total. The SMILES string of the molecule is COCCN(CC(C)C)S(=O)(=O)c1ccc2c(c1)CNC2. The minimum Gasteiger partial charge on any atom is -0.383 e. The Kier molecular flexibility index (Phi) is 5.37. The van der Waals surface area contributed by atoms with Crippen molar-refractivity contribution in [1.29, 1.82) is 0 Å². The van der Waals surface area contributed by atoms with E-state index in [1.807, 2.05) is 19.9 Å². The maximum absolute atomic E-state index is 12.8. The largest absolute Gasteiger partial charge is 0.383 e. The van der Waals surface area contributed by atoms with Crippen molar-refractivity contribution < 1.29 is 13.2 Å². The third-order valence-electron chi connectivity index (χ3n) is 3.56. The first-order valence-electron chi connectivity index (χ1n) is 7.26. The molecule has 1 aliphatic heterocycles. The second-order valence-electron chi connectivity index (χ2n) is 5.78. The summed E-state index contributed by atoms with van der Waals surface area (Å²) in [7, 11) is -1.88. The predicted octanol–water partition coefficient (Wildman–Crippen LogP) is 1.58. The van der Waals surface area contributed by atoms with E-state index in [9.17, 15) is 8.42 Å². The number of rotatable bonds is 7. The van der Waals surface area contributed by atoms with Gasteiger partial charge >= 0.3 is 0 Å². The van der Waals surface area contributed by atoms with Crippen molar-refractivity contribution >= 4 is 10.0 Å². The maximum atomic E-state index is 12.8. The van der Waals surface area contributed by atoms with E-state index >= 15 is 0 Å². The maximum Gasteiger partial charge on any atom is 0.243 e. The van der Waals surface area contributed by atoms with Crippen LogP contribution in [-0.4, -0.2) is 39.5 Å². The topological polar surface area (TPSA) is 58.6 Å². The molecule has 0 bridgehead atoms. The third-order valence-corrected chi connectivity index (χ3v) is 5.42. The van der Waals surface area contributed by atoms with Gasteiger partial charge in [0.05, 0.1) is 11.5 Å². The standard InChI is InChI=1S/C15H24N2O3S/c1-12(2)11-17(6-7-20-3)21(18,19)15-5-4-13-9-16-10-14(13)8-15/h4-5,8,12,16H,6-7,9-11H2,1-3H3. The first-order chi connectivity index (χ1) is 9.95. The summed E-state index contributed by atoms with van der Waals surface area (Å²) in [6, 6.07) is 5.41. The molecular weight excluding hydrogens is 288 g/mol. The molecule has 0 saturated heterocycles. The summed E-state index contributed by atoms with van der Waals surface area (Å²) in [4.78, 5) is 0.377. The number of hydrogen-bond donors (Lipinski definition) is 1. The van der Waals surface area contributed by atoms with Crippen molar-refractivity contribution in [1.82, 2.24) is 9.62 Å². The predicted molar refractivity (Wildman–Crippen MR) is 82.5 cm³/mol. The van der Waals surface area contributed by atoms with Crippen LogP contribution < -0.4 is 5.32 Å². The first-order valence-corrected chi connectivity index (χ1v) is 8.70. The van der Waals surface area contributed by atoms with Gasteiger partial charge in [-0.1, -0.05) is 19.9 Å². The fourth-order valence-corrected chi connectivity index (χ4v) is 4.13. The van der Waals surface area contributed by atoms with Gasteiger partial charge in [0, 0.05) is 33.3 Å². The number of nitrogens with zero attached hydrogens (tertiary/aromatic N) is 1. The van der Waals surface area contributed by atoms with Gasteiger partial charge < -0.3 is 10.1 Å². The molecule has 0 aromatic heterocycles. The van der Waals surface area contributed by atoms with Crippen molar-refractivity contribution in [3.8, 4) is 0 Å². The monoisotopic (exact) mass is 312 g/mol. The molecule has 0 fully saturated rings. The number of sulfonamides is 1. The van der Waals surface area contributed by atoms with Gasteiger partial charge in [0.1, 0.15) is 0 Å². The molecule has 0 amide bonds. The molecule has 118 valence electrons. The minimum absolute atomic E-state index is 0.271. The van der Waals surface area contributed by atoms with Crippen LogP contribution in [0.5, 0.6) is 0 Å². The third kappa shape index (κ3) is 3.83. The lowest BCUT2D eigenvalue weighted by atomic mass is 10.1. The second-order valence-corrected chi connectivity index (χ2v) is 7.72. The highest BCUT2D eigenvalue weighted by molar-refractivity contribution is 7.89. The Labute approximate surface area is 127 Å². The number of fused-ring (bicyclic) bond motifs is 1. The van der Waals surface area contributed by atoms with E-state index in [0.29, 0.717) is 24.6 Å². The van der Waals surface area contributed by atoms with E-state index in [1.165, 1.54) is 9.87 Å². The molecule has 2 rings (SSSR count). The van der Waals surface area contributed by atoms with Gasteiger partial charge in [-0.3, -0.25) is 0 Å². The van der Waals surface area contributed by atoms with Crippen LogP contribution >= 0.6 is 0 Å². The average Bonchev–Trinajstić information content (AvgIpc) is 2.90. The highest BCUT2D eigenvalue weighted by Gasteiger charge is 2.26. The Morgan fingerprint density at radius 1 is 1.29 bits per heavy atom. The van der Waals surface area contributed by atoms with E-state index in [-0.39, 0.29) is 5.92 Å². The van der Waals surface area contributed by atoms with Crippen molar-refractivity contribution in [3.63, 3.8) is 0 Å². The average molecular weight is 312 g/mol. The summed E-state index contributed by atoms with van der Waals surface area (Å²) in [6.45, 7) is 6.87. The number of hydrogen-bond acceptors (Lipinski definition) is 4. The molecule has 5 nitrogen and oxygen atoms in total. The molecule has 0 atom stereocenters. The van der Waals surface area contributed by atoms with Gasteiger partial charge in [-0.05, 0) is 29.2 Å². The number of benzene rings is 1. The van der Waals surface area contributed by atoms with Gasteiger partial charge in [0.15, 0.2) is 0 Å². The Bertz CT molecular complexity index is 585. The normalized spacial score (nSPS) is 14.9. The molecule has 1 aromatic carbocycles. The molecule has 1 heterocycles. The Hall–Kier alpha value is -0.950. The summed E-state index contributed by atoms with van der Waals surface area (Å²) < 4.78 is 32.2. The lowest BCUT2D eigenvalue weighted by Gasteiger charge is -2.24. The molecule has 0 spiro atoms. The zero-order chi connectivity index (χ0) is 15.5. The van der Waals surface area contributed by atoms with Gasteiger partial charge in [0.25, 0.3) is 0 Å². The minimum atomic E-state index is -3.46. The van der Waals surface area contributed by atoms with E-state index < -0.39 is 10.0 Å². The second kappa shape index (κ2) is 6.87. The van der Waals surface area contributed by atoms with Crippen molar-refractivity contribution in [2.24, 2.45) is 5.92 Å². The smallest absolute Gasteiger partial charge is 0.243 e. The van der Waals surface area contributed by atoms with Crippen LogP contribution in [0.1, 0.15) is 25.0 Å². The van der Waals surface area contributed by atoms with Crippen LogP contribution in [0.25, 0.3) is 0 Å². The van der Waals surface area contributed by atoms with Crippen LogP contribution in [-0.2, 0) is 27.8 Å². The van der Waals surface area contributed by atoms with E-state index in [2.05, 4.69) is 5.32 Å². The van der Waals surface area contributed by atoms with Gasteiger partial charge in [0.2, 0.25) is 10.0 Å². The summed E-state index contributed by atoms with van der Waals surface area (Å²) >= 11 is 0. The molecule has 0 saturated carbocycles. The lowest BCUT2D eigenvalue weighted by molar-refractivity contribution is 0.175. The van der Waals surface area contributed by atoms with Gasteiger partial charge in [-0.15, -0.1) is 0 Å². The lowest BCUT2D eigenvalue weighted by Crippen LogP contribution is -2.36. The fourth-order valence-electron chi connectivity index (χ4n) is 2.49. The summed E-state index contributed by atoms with van der Waals surface area (Å²) in [5, 5.41) is 3.23. The Balaban J connectivity index is 2.28. The molecule has 0 radical (unpaired) electrons. The van der Waals surface area contributed by atoms with E-state index in [0.717, 1.165) is 18.7 Å². The number of nitrogens with one attached hydrogen (secondary N) is 1. The molecule has 1 aliphatic rings. The van der Waals surface area contributed by atoms with Crippen LogP contribution in [0.4, 0.5) is 0 Å². The Morgan fingerprint density at radius 3 is 2.67 bits per heavy atom. The molecular formula is C15H24N2O3S. The van der Waals surface area contributed by atoms with Gasteiger partial charge in [-0.2, -0.15) is 4.31 Å². The zero-order valence-electron chi connectivity index (χ0n) is 12.9. The van der Waals surface area contributed by atoms with E-state index in [1.54, 1.807) is 19.2 Å². The molecule has 21 heavy (non-hydrogen) atoms. The van der Waals surface area contributed by atoms with E-state index in [4.69, 9.17) is 4.74 Å². The molecule has 0 aliphatic carbocycles. The van der Waals surface area contributed by atoms with Crippen molar-refractivity contribution in [2.45, 2.75) is 31.8 Å². The summed E-state index contributed by atoms with van der Waals surface area (Å²) in [5.74, 6) is 0.271. The van der Waals surface area contributed by atoms with Crippen molar-refractivity contribution in [2.75, 3.05) is 26.8 Å².